The van der Waals surface area contributed by atoms with E-state index in [9.17, 15) is 13.2 Å². The first kappa shape index (κ1) is 24.6. The molecule has 0 atom stereocenters. The van der Waals surface area contributed by atoms with E-state index in [2.05, 4.69) is 9.80 Å². The van der Waals surface area contributed by atoms with Crippen molar-refractivity contribution < 1.29 is 13.2 Å². The monoisotopic (exact) mass is 524 g/mol. The first-order valence-corrected chi connectivity index (χ1v) is 13.8. The lowest BCUT2D eigenvalue weighted by molar-refractivity contribution is 0.226. The van der Waals surface area contributed by atoms with Gasteiger partial charge in [-0.15, -0.1) is 0 Å². The molecule has 0 unspecified atom stereocenters. The standard InChI is InChI=1S/C27H29ClN4O3S/c1-20-8-6-7-11-22(20)19-32-27(33)31(18-21-9-4-3-5-10-21)25-17-23(28)16-24(26(25)36(32,34)35)30-14-12-29(2)13-15-30/h3-11,16-17H,12-15,18-19H2,1-2H3. The molecule has 36 heavy (non-hydrogen) atoms. The Labute approximate surface area is 217 Å². The van der Waals surface area contributed by atoms with Gasteiger partial charge in [-0.2, -0.15) is 0 Å². The second-order valence-corrected chi connectivity index (χ2v) is 11.6. The van der Waals surface area contributed by atoms with Gasteiger partial charge in [0.2, 0.25) is 0 Å². The number of carbonyl (C=O) groups is 1. The van der Waals surface area contributed by atoms with E-state index in [0.717, 1.165) is 34.1 Å². The fourth-order valence-corrected chi connectivity index (χ4v) is 6.70. The summed E-state index contributed by atoms with van der Waals surface area (Å²) in [5, 5.41) is 0.399. The Hall–Kier alpha value is -3.07. The highest BCUT2D eigenvalue weighted by Gasteiger charge is 2.44. The zero-order valence-electron chi connectivity index (χ0n) is 20.4. The van der Waals surface area contributed by atoms with Gasteiger partial charge in [-0.3, -0.25) is 4.90 Å². The number of aryl methyl sites for hydroxylation is 1. The lowest BCUT2D eigenvalue weighted by atomic mass is 10.1. The van der Waals surface area contributed by atoms with Crippen molar-refractivity contribution in [3.05, 3.63) is 88.4 Å². The van der Waals surface area contributed by atoms with E-state index in [4.69, 9.17) is 11.6 Å². The molecule has 188 valence electrons. The van der Waals surface area contributed by atoms with Crippen LogP contribution in [0.1, 0.15) is 16.7 Å². The topological polar surface area (TPSA) is 64.2 Å². The van der Waals surface area contributed by atoms with Gasteiger partial charge in [0, 0.05) is 31.2 Å². The summed E-state index contributed by atoms with van der Waals surface area (Å²) in [7, 11) is -2.11. The fourth-order valence-electron chi connectivity index (χ4n) is 4.78. The van der Waals surface area contributed by atoms with Crippen molar-refractivity contribution in [2.45, 2.75) is 24.9 Å². The summed E-state index contributed by atoms with van der Waals surface area (Å²) < 4.78 is 29.3. The number of carbonyl (C=O) groups excluding carboxylic acids is 1. The Morgan fingerprint density at radius 2 is 1.50 bits per heavy atom. The Morgan fingerprint density at radius 1 is 0.861 bits per heavy atom. The molecular formula is C27H29ClN4O3S. The molecule has 0 aliphatic carbocycles. The number of urea groups is 1. The van der Waals surface area contributed by atoms with Crippen LogP contribution in [0.15, 0.2) is 71.6 Å². The number of halogens is 1. The van der Waals surface area contributed by atoms with Gasteiger partial charge in [-0.1, -0.05) is 66.2 Å². The molecule has 0 N–H and O–H groups in total. The molecule has 0 saturated carbocycles. The Balaban J connectivity index is 1.67. The van der Waals surface area contributed by atoms with Crippen LogP contribution in [-0.4, -0.2) is 56.9 Å². The van der Waals surface area contributed by atoms with Crippen molar-refractivity contribution in [2.24, 2.45) is 0 Å². The Morgan fingerprint density at radius 3 is 2.19 bits per heavy atom. The van der Waals surface area contributed by atoms with Gasteiger partial charge < -0.3 is 9.80 Å². The number of amides is 2. The predicted molar refractivity (Wildman–Crippen MR) is 143 cm³/mol. The molecule has 1 fully saturated rings. The third-order valence-electron chi connectivity index (χ3n) is 6.90. The highest BCUT2D eigenvalue weighted by molar-refractivity contribution is 7.90. The number of nitrogens with zero attached hydrogens (tertiary/aromatic N) is 4. The molecule has 2 aliphatic heterocycles. The highest BCUT2D eigenvalue weighted by Crippen LogP contribution is 2.44. The summed E-state index contributed by atoms with van der Waals surface area (Å²) in [5.41, 5.74) is 3.48. The number of sulfonamides is 1. The van der Waals surface area contributed by atoms with Crippen molar-refractivity contribution in [2.75, 3.05) is 43.0 Å². The maximum Gasteiger partial charge on any atom is 0.339 e. The van der Waals surface area contributed by atoms with Crippen molar-refractivity contribution >= 4 is 39.0 Å². The molecule has 1 saturated heterocycles. The minimum absolute atomic E-state index is 0.0383. The van der Waals surface area contributed by atoms with Crippen LogP contribution in [-0.2, 0) is 23.1 Å². The summed E-state index contributed by atoms with van der Waals surface area (Å²) in [6, 6.07) is 19.8. The van der Waals surface area contributed by atoms with Gasteiger partial charge in [0.25, 0.3) is 10.0 Å². The van der Waals surface area contributed by atoms with E-state index >= 15 is 0 Å². The van der Waals surface area contributed by atoms with E-state index in [0.29, 0.717) is 29.5 Å². The van der Waals surface area contributed by atoms with Crippen LogP contribution in [0.3, 0.4) is 0 Å². The number of fused-ring (bicyclic) bond motifs is 1. The zero-order chi connectivity index (χ0) is 25.4. The first-order valence-electron chi connectivity index (χ1n) is 12.0. The van der Waals surface area contributed by atoms with E-state index in [1.54, 1.807) is 12.1 Å². The lowest BCUT2D eigenvalue weighted by Gasteiger charge is -2.40. The van der Waals surface area contributed by atoms with Crippen molar-refractivity contribution in [3.8, 4) is 0 Å². The van der Waals surface area contributed by atoms with Gasteiger partial charge in [-0.05, 0) is 42.8 Å². The van der Waals surface area contributed by atoms with Gasteiger partial charge in [0.15, 0.2) is 0 Å². The summed E-state index contributed by atoms with van der Waals surface area (Å²) in [4.78, 5) is 19.8. The van der Waals surface area contributed by atoms with Crippen molar-refractivity contribution in [1.82, 2.24) is 9.21 Å². The molecule has 0 aromatic heterocycles. The number of likely N-dealkylation sites (N-methyl/N-ethyl adjacent to an activating group) is 1. The lowest BCUT2D eigenvalue weighted by Crippen LogP contribution is -2.51. The van der Waals surface area contributed by atoms with Crippen LogP contribution in [0.5, 0.6) is 0 Å². The zero-order valence-corrected chi connectivity index (χ0v) is 22.0. The molecule has 2 amide bonds. The third kappa shape index (κ3) is 4.56. The number of anilines is 2. The SMILES string of the molecule is Cc1ccccc1CN1C(=O)N(Cc2ccccc2)c2cc(Cl)cc(N3CCN(C)CC3)c2S1(=O)=O. The fraction of sp³-hybridized carbons (Fsp3) is 0.296. The van der Waals surface area contributed by atoms with Crippen LogP contribution >= 0.6 is 11.6 Å². The second-order valence-electron chi connectivity index (χ2n) is 9.36. The van der Waals surface area contributed by atoms with Crippen LogP contribution in [0, 0.1) is 6.92 Å². The highest BCUT2D eigenvalue weighted by atomic mass is 35.5. The van der Waals surface area contributed by atoms with Crippen LogP contribution < -0.4 is 9.80 Å². The largest absolute Gasteiger partial charge is 0.368 e. The average molecular weight is 525 g/mol. The van der Waals surface area contributed by atoms with E-state index in [1.165, 1.54) is 4.90 Å². The summed E-state index contributed by atoms with van der Waals surface area (Å²) in [6.07, 6.45) is 0. The molecule has 2 aliphatic rings. The minimum atomic E-state index is -4.15. The molecule has 3 aromatic rings. The normalized spacial score (nSPS) is 17.9. The molecular weight excluding hydrogens is 496 g/mol. The van der Waals surface area contributed by atoms with Gasteiger partial charge in [-0.25, -0.2) is 17.5 Å². The third-order valence-corrected chi connectivity index (χ3v) is 8.92. The van der Waals surface area contributed by atoms with Crippen molar-refractivity contribution in [3.63, 3.8) is 0 Å². The second kappa shape index (κ2) is 9.76. The van der Waals surface area contributed by atoms with Gasteiger partial charge >= 0.3 is 6.03 Å². The summed E-state index contributed by atoms with van der Waals surface area (Å²) in [5.74, 6) is 0. The quantitative estimate of drug-likeness (QED) is 0.483. The van der Waals surface area contributed by atoms with Crippen LogP contribution in [0.4, 0.5) is 16.2 Å². The molecule has 3 aromatic carbocycles. The molecule has 0 bridgehead atoms. The summed E-state index contributed by atoms with van der Waals surface area (Å²) >= 11 is 6.54. The van der Waals surface area contributed by atoms with Gasteiger partial charge in [0.05, 0.1) is 24.5 Å². The van der Waals surface area contributed by atoms with E-state index < -0.39 is 16.1 Å². The number of benzene rings is 3. The predicted octanol–water partition coefficient (Wildman–Crippen LogP) is 4.73. The number of piperazine rings is 1. The van der Waals surface area contributed by atoms with Crippen molar-refractivity contribution in [1.29, 1.82) is 0 Å². The molecule has 0 radical (unpaired) electrons. The Bertz CT molecular complexity index is 1390. The number of hydrogen-bond donors (Lipinski definition) is 0. The maximum absolute atomic E-state index is 14.2. The molecule has 0 spiro atoms. The first-order chi connectivity index (χ1) is 17.3. The minimum Gasteiger partial charge on any atom is -0.368 e. The Kier molecular flexibility index (Phi) is 6.68. The van der Waals surface area contributed by atoms with Crippen LogP contribution in [0.25, 0.3) is 0 Å². The van der Waals surface area contributed by atoms with Gasteiger partial charge in [0.1, 0.15) is 4.90 Å². The number of hydrogen-bond acceptors (Lipinski definition) is 5. The number of rotatable bonds is 5. The smallest absolute Gasteiger partial charge is 0.339 e. The average Bonchev–Trinajstić information content (AvgIpc) is 2.86. The molecule has 9 heteroatoms. The maximum atomic E-state index is 14.2. The molecule has 7 nitrogen and oxygen atoms in total. The molecule has 5 rings (SSSR count). The summed E-state index contributed by atoms with van der Waals surface area (Å²) in [6.45, 7) is 5.06. The molecule has 2 heterocycles. The van der Waals surface area contributed by atoms with Crippen LogP contribution in [0.2, 0.25) is 5.02 Å². The van der Waals surface area contributed by atoms with E-state index in [1.807, 2.05) is 68.6 Å². The van der Waals surface area contributed by atoms with E-state index in [-0.39, 0.29) is 18.0 Å².